The van der Waals surface area contributed by atoms with Gasteiger partial charge in [-0.3, -0.25) is 9.69 Å². The third-order valence-corrected chi connectivity index (χ3v) is 3.24. The summed E-state index contributed by atoms with van der Waals surface area (Å²) in [6.45, 7) is 0.305. The van der Waals surface area contributed by atoms with Crippen LogP contribution in [0, 0.1) is 0 Å². The fourth-order valence-electron chi connectivity index (χ4n) is 2.18. The maximum absolute atomic E-state index is 13.0. The van der Waals surface area contributed by atoms with Crippen molar-refractivity contribution >= 4 is 5.91 Å². The topological polar surface area (TPSA) is 41.6 Å². The second-order valence-electron chi connectivity index (χ2n) is 4.94. The Morgan fingerprint density at radius 3 is 2.95 bits per heavy atom. The highest BCUT2D eigenvalue weighted by atomic mass is 19.3. The molecule has 4 nitrogen and oxygen atoms in total. The molecule has 1 aromatic carbocycles. The Labute approximate surface area is 116 Å². The van der Waals surface area contributed by atoms with Gasteiger partial charge in [-0.05, 0) is 17.7 Å². The molecule has 6 heteroatoms. The second kappa shape index (κ2) is 6.17. The molecule has 20 heavy (non-hydrogen) atoms. The molecular formula is C14H18F2N2O2. The van der Waals surface area contributed by atoms with Gasteiger partial charge in [-0.1, -0.05) is 12.1 Å². The second-order valence-corrected chi connectivity index (χ2v) is 4.94. The molecule has 110 valence electrons. The predicted molar refractivity (Wildman–Crippen MR) is 70.8 cm³/mol. The highest BCUT2D eigenvalue weighted by Gasteiger charge is 2.38. The summed E-state index contributed by atoms with van der Waals surface area (Å²) in [7, 11) is 1.57. The van der Waals surface area contributed by atoms with Crippen LogP contribution in [0.25, 0.3) is 0 Å². The van der Waals surface area contributed by atoms with Crippen LogP contribution in [0.3, 0.4) is 0 Å². The van der Waals surface area contributed by atoms with Crippen LogP contribution in [0.1, 0.15) is 12.0 Å². The Morgan fingerprint density at radius 1 is 1.50 bits per heavy atom. The minimum absolute atomic E-state index is 0.0135. The lowest BCUT2D eigenvalue weighted by molar-refractivity contribution is -0.122. The molecule has 0 atom stereocenters. The number of alkyl halides is 2. The summed E-state index contributed by atoms with van der Waals surface area (Å²) in [6, 6.07) is 7.34. The number of carbonyl (C=O) groups excluding carboxylic acids is 1. The Morgan fingerprint density at radius 2 is 2.30 bits per heavy atom. The molecule has 1 saturated heterocycles. The van der Waals surface area contributed by atoms with Crippen LogP contribution < -0.4 is 10.1 Å². The number of hydrogen-bond donors (Lipinski definition) is 1. The quantitative estimate of drug-likeness (QED) is 0.894. The van der Waals surface area contributed by atoms with E-state index in [2.05, 4.69) is 5.32 Å². The van der Waals surface area contributed by atoms with Crippen molar-refractivity contribution < 1.29 is 18.3 Å². The number of nitrogens with zero attached hydrogens (tertiary/aromatic N) is 1. The number of nitrogens with one attached hydrogen (secondary N) is 1. The third-order valence-electron chi connectivity index (χ3n) is 3.24. The van der Waals surface area contributed by atoms with Gasteiger partial charge < -0.3 is 10.1 Å². The normalized spacial score (nSPS) is 17.9. The van der Waals surface area contributed by atoms with E-state index in [0.29, 0.717) is 6.54 Å². The number of methoxy groups -OCH3 is 1. The van der Waals surface area contributed by atoms with E-state index in [9.17, 15) is 13.6 Å². The van der Waals surface area contributed by atoms with Crippen LogP contribution in [0.2, 0.25) is 0 Å². The molecule has 1 heterocycles. The fourth-order valence-corrected chi connectivity index (χ4v) is 2.18. The Bertz CT molecular complexity index is 480. The van der Waals surface area contributed by atoms with Crippen LogP contribution in [0.5, 0.6) is 5.75 Å². The number of likely N-dealkylation sites (tertiary alicyclic amines) is 1. The molecule has 0 radical (unpaired) electrons. The van der Waals surface area contributed by atoms with Crippen LogP contribution >= 0.6 is 0 Å². The zero-order valence-corrected chi connectivity index (χ0v) is 11.4. The molecule has 1 fully saturated rings. The van der Waals surface area contributed by atoms with Crippen LogP contribution in [0.15, 0.2) is 24.3 Å². The van der Waals surface area contributed by atoms with Crippen LogP contribution in [-0.4, -0.2) is 43.5 Å². The monoisotopic (exact) mass is 284 g/mol. The smallest absolute Gasteiger partial charge is 0.261 e. The van der Waals surface area contributed by atoms with E-state index in [-0.39, 0.29) is 32.0 Å². The third kappa shape index (κ3) is 4.16. The summed E-state index contributed by atoms with van der Waals surface area (Å²) in [4.78, 5) is 13.2. The van der Waals surface area contributed by atoms with Crippen molar-refractivity contribution in [3.8, 4) is 5.75 Å². The number of amides is 1. The molecule has 1 aliphatic heterocycles. The van der Waals surface area contributed by atoms with Gasteiger partial charge in [0, 0.05) is 19.5 Å². The molecule has 0 saturated carbocycles. The van der Waals surface area contributed by atoms with E-state index in [1.807, 2.05) is 24.3 Å². The lowest BCUT2D eigenvalue weighted by atomic mass is 10.2. The summed E-state index contributed by atoms with van der Waals surface area (Å²) in [5, 5.41) is 2.72. The van der Waals surface area contributed by atoms with Gasteiger partial charge in [-0.2, -0.15) is 0 Å². The predicted octanol–water partition coefficient (Wildman–Crippen LogP) is 1.65. The molecule has 1 N–H and O–H groups in total. The van der Waals surface area contributed by atoms with Gasteiger partial charge in [-0.25, -0.2) is 8.78 Å². The summed E-state index contributed by atoms with van der Waals surface area (Å²) in [5.41, 5.74) is 0.907. The van der Waals surface area contributed by atoms with Crippen molar-refractivity contribution in [2.24, 2.45) is 0 Å². The first-order valence-corrected chi connectivity index (χ1v) is 6.48. The maximum atomic E-state index is 13.0. The zero-order valence-electron chi connectivity index (χ0n) is 11.4. The van der Waals surface area contributed by atoms with Gasteiger partial charge in [0.1, 0.15) is 5.75 Å². The highest BCUT2D eigenvalue weighted by Crippen LogP contribution is 2.26. The molecule has 2 rings (SSSR count). The average Bonchev–Trinajstić information content (AvgIpc) is 2.76. The number of benzene rings is 1. The SMILES string of the molecule is COc1cccc(CNC(=O)CN2CCC(F)(F)C2)c1. The largest absolute Gasteiger partial charge is 0.497 e. The standard InChI is InChI=1S/C14H18F2N2O2/c1-20-12-4-2-3-11(7-12)8-17-13(19)9-18-6-5-14(15,16)10-18/h2-4,7H,5-6,8-10H2,1H3,(H,17,19). The first-order valence-electron chi connectivity index (χ1n) is 6.48. The Hall–Kier alpha value is -1.69. The van der Waals surface area contributed by atoms with E-state index in [4.69, 9.17) is 4.74 Å². The highest BCUT2D eigenvalue weighted by molar-refractivity contribution is 5.78. The molecule has 1 amide bonds. The molecule has 0 unspecified atom stereocenters. The van der Waals surface area contributed by atoms with E-state index in [1.165, 1.54) is 4.90 Å². The van der Waals surface area contributed by atoms with Crippen molar-refractivity contribution in [1.29, 1.82) is 0 Å². The fraction of sp³-hybridized carbons (Fsp3) is 0.500. The summed E-state index contributed by atoms with van der Waals surface area (Å²) in [6.07, 6.45) is -0.170. The van der Waals surface area contributed by atoms with Gasteiger partial charge in [0.05, 0.1) is 20.2 Å². The molecule has 1 aromatic rings. The number of rotatable bonds is 5. The number of hydrogen-bond acceptors (Lipinski definition) is 3. The lowest BCUT2D eigenvalue weighted by Crippen LogP contribution is -2.36. The minimum Gasteiger partial charge on any atom is -0.497 e. The van der Waals surface area contributed by atoms with Gasteiger partial charge in [0.25, 0.3) is 5.92 Å². The van der Waals surface area contributed by atoms with E-state index >= 15 is 0 Å². The zero-order chi connectivity index (χ0) is 14.6. The van der Waals surface area contributed by atoms with Gasteiger partial charge in [0.2, 0.25) is 5.91 Å². The number of halogens is 2. The van der Waals surface area contributed by atoms with Gasteiger partial charge >= 0.3 is 0 Å². The van der Waals surface area contributed by atoms with E-state index < -0.39 is 5.92 Å². The van der Waals surface area contributed by atoms with Gasteiger partial charge in [-0.15, -0.1) is 0 Å². The first-order chi connectivity index (χ1) is 9.48. The minimum atomic E-state index is -2.66. The first kappa shape index (κ1) is 14.7. The Kier molecular flexibility index (Phi) is 4.54. The van der Waals surface area contributed by atoms with Crippen LogP contribution in [-0.2, 0) is 11.3 Å². The average molecular weight is 284 g/mol. The van der Waals surface area contributed by atoms with Crippen LogP contribution in [0.4, 0.5) is 8.78 Å². The number of carbonyl (C=O) groups is 1. The lowest BCUT2D eigenvalue weighted by Gasteiger charge is -2.15. The van der Waals surface area contributed by atoms with Gasteiger partial charge in [0.15, 0.2) is 0 Å². The van der Waals surface area contributed by atoms with E-state index in [0.717, 1.165) is 11.3 Å². The molecular weight excluding hydrogens is 266 g/mol. The number of ether oxygens (including phenoxy) is 1. The maximum Gasteiger partial charge on any atom is 0.261 e. The molecule has 0 spiro atoms. The summed E-state index contributed by atoms with van der Waals surface area (Å²) >= 11 is 0. The van der Waals surface area contributed by atoms with Crippen molar-refractivity contribution in [1.82, 2.24) is 10.2 Å². The van der Waals surface area contributed by atoms with Crippen molar-refractivity contribution in [3.05, 3.63) is 29.8 Å². The molecule has 0 bridgehead atoms. The summed E-state index contributed by atoms with van der Waals surface area (Å²) < 4.78 is 31.1. The summed E-state index contributed by atoms with van der Waals surface area (Å²) in [5.74, 6) is -2.19. The van der Waals surface area contributed by atoms with Crippen molar-refractivity contribution in [2.75, 3.05) is 26.7 Å². The van der Waals surface area contributed by atoms with E-state index in [1.54, 1.807) is 7.11 Å². The van der Waals surface area contributed by atoms with Crippen molar-refractivity contribution in [3.63, 3.8) is 0 Å². The molecule has 0 aliphatic carbocycles. The Balaban J connectivity index is 1.77. The van der Waals surface area contributed by atoms with Crippen molar-refractivity contribution in [2.45, 2.75) is 18.9 Å². The molecule has 0 aromatic heterocycles. The molecule has 1 aliphatic rings.